The van der Waals surface area contributed by atoms with E-state index in [1.807, 2.05) is 43.0 Å². The lowest BCUT2D eigenvalue weighted by atomic mass is 9.92. The highest BCUT2D eigenvalue weighted by Crippen LogP contribution is 2.22. The molecular formula is C18H28N2O2. The Hall–Kier alpha value is -1.71. The highest BCUT2D eigenvalue weighted by Gasteiger charge is 2.25. The van der Waals surface area contributed by atoms with Crippen molar-refractivity contribution in [1.29, 1.82) is 0 Å². The van der Waals surface area contributed by atoms with Gasteiger partial charge in [0, 0.05) is 25.2 Å². The van der Waals surface area contributed by atoms with Gasteiger partial charge in [0.25, 0.3) is 0 Å². The summed E-state index contributed by atoms with van der Waals surface area (Å²) >= 11 is 0. The van der Waals surface area contributed by atoms with E-state index in [0.29, 0.717) is 18.4 Å². The number of nitrogens with one attached hydrogen (secondary N) is 1. The molecule has 4 nitrogen and oxygen atoms in total. The minimum absolute atomic E-state index is 0.0257. The van der Waals surface area contributed by atoms with Crippen molar-refractivity contribution in [2.75, 3.05) is 13.1 Å². The van der Waals surface area contributed by atoms with Gasteiger partial charge in [-0.1, -0.05) is 32.0 Å². The number of urea groups is 1. The Bertz CT molecular complexity index is 492. The third-order valence-electron chi connectivity index (χ3n) is 3.92. The molecule has 4 heteroatoms. The van der Waals surface area contributed by atoms with Crippen molar-refractivity contribution < 1.29 is 9.53 Å². The number of hydrogen-bond donors (Lipinski definition) is 1. The van der Waals surface area contributed by atoms with Crippen molar-refractivity contribution in [3.05, 3.63) is 29.8 Å². The lowest BCUT2D eigenvalue weighted by Crippen LogP contribution is -2.47. The molecule has 1 aromatic carbocycles. The molecule has 0 bridgehead atoms. The summed E-state index contributed by atoms with van der Waals surface area (Å²) in [5.74, 6) is 2.00. The minimum atomic E-state index is 0.0257. The maximum absolute atomic E-state index is 12.4. The molecule has 2 unspecified atom stereocenters. The molecule has 0 saturated carbocycles. The van der Waals surface area contributed by atoms with E-state index in [2.05, 4.69) is 19.2 Å². The van der Waals surface area contributed by atoms with Crippen LogP contribution in [0.2, 0.25) is 0 Å². The summed E-state index contributed by atoms with van der Waals surface area (Å²) in [6, 6.07) is 7.90. The van der Waals surface area contributed by atoms with Crippen LogP contribution in [-0.4, -0.2) is 30.1 Å². The molecule has 2 rings (SSSR count). The van der Waals surface area contributed by atoms with Gasteiger partial charge in [0.2, 0.25) is 0 Å². The quantitative estimate of drug-likeness (QED) is 0.922. The Morgan fingerprint density at radius 3 is 2.55 bits per heavy atom. The number of nitrogens with zero attached hydrogens (tertiary/aromatic N) is 1. The summed E-state index contributed by atoms with van der Waals surface area (Å²) in [6.07, 6.45) is 1.33. The first-order valence-corrected chi connectivity index (χ1v) is 8.23. The number of carbonyl (C=O) groups excluding carboxylic acids is 1. The van der Waals surface area contributed by atoms with Crippen molar-refractivity contribution in [3.63, 3.8) is 0 Å². The van der Waals surface area contributed by atoms with Gasteiger partial charge in [-0.05, 0) is 38.2 Å². The van der Waals surface area contributed by atoms with Crippen LogP contribution in [0, 0.1) is 11.8 Å². The average molecular weight is 304 g/mol. The van der Waals surface area contributed by atoms with Crippen LogP contribution in [0.25, 0.3) is 0 Å². The van der Waals surface area contributed by atoms with Crippen LogP contribution < -0.4 is 10.1 Å². The average Bonchev–Trinajstić information content (AvgIpc) is 2.44. The highest BCUT2D eigenvalue weighted by atomic mass is 16.5. The van der Waals surface area contributed by atoms with Crippen LogP contribution in [0.15, 0.2) is 24.3 Å². The highest BCUT2D eigenvalue weighted by molar-refractivity contribution is 5.74. The third kappa shape index (κ3) is 4.65. The number of ether oxygens (including phenoxy) is 1. The van der Waals surface area contributed by atoms with E-state index in [1.54, 1.807) is 0 Å². The van der Waals surface area contributed by atoms with Crippen molar-refractivity contribution in [1.82, 2.24) is 10.2 Å². The summed E-state index contributed by atoms with van der Waals surface area (Å²) in [4.78, 5) is 14.3. The van der Waals surface area contributed by atoms with Gasteiger partial charge in [0.05, 0.1) is 6.10 Å². The van der Waals surface area contributed by atoms with Crippen molar-refractivity contribution in [2.24, 2.45) is 11.8 Å². The molecule has 1 aliphatic heterocycles. The number of para-hydroxylation sites is 1. The molecule has 1 aliphatic rings. The van der Waals surface area contributed by atoms with Gasteiger partial charge in [0.15, 0.2) is 0 Å². The predicted molar refractivity (Wildman–Crippen MR) is 89.0 cm³/mol. The van der Waals surface area contributed by atoms with Crippen LogP contribution in [0.5, 0.6) is 5.75 Å². The van der Waals surface area contributed by atoms with Crippen molar-refractivity contribution in [2.45, 2.75) is 46.8 Å². The number of hydrogen-bond acceptors (Lipinski definition) is 2. The maximum atomic E-state index is 12.4. The maximum Gasteiger partial charge on any atom is 0.317 e. The lowest BCUT2D eigenvalue weighted by Gasteiger charge is -2.35. The van der Waals surface area contributed by atoms with Gasteiger partial charge in [-0.3, -0.25) is 0 Å². The molecule has 122 valence electrons. The topological polar surface area (TPSA) is 41.6 Å². The summed E-state index contributed by atoms with van der Waals surface area (Å²) in [5.41, 5.74) is 1.02. The Balaban J connectivity index is 1.93. The van der Waals surface area contributed by atoms with E-state index in [1.165, 1.54) is 6.42 Å². The normalized spacial score (nSPS) is 21.8. The Morgan fingerprint density at radius 2 is 1.91 bits per heavy atom. The first kappa shape index (κ1) is 16.7. The van der Waals surface area contributed by atoms with Crippen LogP contribution in [-0.2, 0) is 6.54 Å². The van der Waals surface area contributed by atoms with Crippen LogP contribution in [0.4, 0.5) is 4.79 Å². The van der Waals surface area contributed by atoms with Gasteiger partial charge in [-0.2, -0.15) is 0 Å². The number of piperidine rings is 1. The fourth-order valence-electron chi connectivity index (χ4n) is 3.13. The lowest BCUT2D eigenvalue weighted by molar-refractivity contribution is 0.145. The van der Waals surface area contributed by atoms with E-state index in [0.717, 1.165) is 24.4 Å². The van der Waals surface area contributed by atoms with Crippen LogP contribution in [0.3, 0.4) is 0 Å². The van der Waals surface area contributed by atoms with Crippen LogP contribution >= 0.6 is 0 Å². The molecule has 22 heavy (non-hydrogen) atoms. The standard InChI is InChI=1S/C18H28N2O2/c1-13(2)22-17-8-6-5-7-16(17)10-19-18(21)20-11-14(3)9-15(4)12-20/h5-8,13-15H,9-12H2,1-4H3,(H,19,21). The Morgan fingerprint density at radius 1 is 1.27 bits per heavy atom. The summed E-state index contributed by atoms with van der Waals surface area (Å²) < 4.78 is 5.79. The zero-order chi connectivity index (χ0) is 16.1. The summed E-state index contributed by atoms with van der Waals surface area (Å²) in [7, 11) is 0. The van der Waals surface area contributed by atoms with E-state index < -0.39 is 0 Å². The number of benzene rings is 1. The number of carbonyl (C=O) groups is 1. The van der Waals surface area contributed by atoms with Gasteiger partial charge in [-0.15, -0.1) is 0 Å². The number of rotatable bonds is 4. The number of amides is 2. The van der Waals surface area contributed by atoms with E-state index in [9.17, 15) is 4.79 Å². The molecule has 2 atom stereocenters. The molecule has 0 aliphatic carbocycles. The van der Waals surface area contributed by atoms with E-state index in [-0.39, 0.29) is 12.1 Å². The zero-order valence-corrected chi connectivity index (χ0v) is 14.1. The molecule has 1 heterocycles. The molecule has 1 aromatic rings. The summed E-state index contributed by atoms with van der Waals surface area (Å²) in [6.45, 7) is 10.6. The fourth-order valence-corrected chi connectivity index (χ4v) is 3.13. The minimum Gasteiger partial charge on any atom is -0.491 e. The van der Waals surface area contributed by atoms with Crippen molar-refractivity contribution in [3.8, 4) is 5.75 Å². The van der Waals surface area contributed by atoms with Gasteiger partial charge >= 0.3 is 6.03 Å². The molecule has 1 N–H and O–H groups in total. The van der Waals surface area contributed by atoms with E-state index >= 15 is 0 Å². The van der Waals surface area contributed by atoms with Gasteiger partial charge < -0.3 is 15.0 Å². The molecule has 2 amide bonds. The first-order valence-electron chi connectivity index (χ1n) is 8.23. The second kappa shape index (κ2) is 7.52. The SMILES string of the molecule is CC1CC(C)CN(C(=O)NCc2ccccc2OC(C)C)C1. The monoisotopic (exact) mass is 304 g/mol. The van der Waals surface area contributed by atoms with E-state index in [4.69, 9.17) is 4.74 Å². The van der Waals surface area contributed by atoms with Gasteiger partial charge in [0.1, 0.15) is 5.75 Å². The molecular weight excluding hydrogens is 276 g/mol. The molecule has 0 radical (unpaired) electrons. The Labute approximate surface area is 133 Å². The third-order valence-corrected chi connectivity index (χ3v) is 3.92. The number of likely N-dealkylation sites (tertiary alicyclic amines) is 1. The Kier molecular flexibility index (Phi) is 5.69. The first-order chi connectivity index (χ1) is 10.5. The smallest absolute Gasteiger partial charge is 0.317 e. The second-order valence-corrected chi connectivity index (χ2v) is 6.78. The fraction of sp³-hybridized carbons (Fsp3) is 0.611. The molecule has 0 spiro atoms. The van der Waals surface area contributed by atoms with Crippen molar-refractivity contribution >= 4 is 6.03 Å². The summed E-state index contributed by atoms with van der Waals surface area (Å²) in [5, 5.41) is 3.03. The largest absolute Gasteiger partial charge is 0.491 e. The predicted octanol–water partition coefficient (Wildman–Crippen LogP) is 3.66. The molecule has 1 saturated heterocycles. The second-order valence-electron chi connectivity index (χ2n) is 6.78. The van der Waals surface area contributed by atoms with Crippen LogP contribution in [0.1, 0.15) is 39.7 Å². The van der Waals surface area contributed by atoms with Gasteiger partial charge in [-0.25, -0.2) is 4.79 Å². The molecule has 0 aromatic heterocycles. The zero-order valence-electron chi connectivity index (χ0n) is 14.1. The molecule has 1 fully saturated rings.